The molecule has 1 fully saturated rings. The number of hydrogen-bond acceptors (Lipinski definition) is 10. The average molecular weight is 526 g/mol. The summed E-state index contributed by atoms with van der Waals surface area (Å²) in [5.74, 6) is -1.17. The molecule has 6 atom stereocenters. The lowest BCUT2D eigenvalue weighted by Crippen LogP contribution is -2.38. The maximum atomic E-state index is 13.7. The Bertz CT molecular complexity index is 1210. The summed E-state index contributed by atoms with van der Waals surface area (Å²) < 4.78 is 36.7. The molecule has 1 aromatic heterocycles. The number of nitrogens with one attached hydrogen (secondary N) is 1. The van der Waals surface area contributed by atoms with E-state index in [0.717, 1.165) is 4.57 Å². The van der Waals surface area contributed by atoms with Crippen molar-refractivity contribution in [1.82, 2.24) is 9.55 Å². The SMILES string of the molecule is Cc1cn([C@H]2O[C@@H](COP(=O)(C[C@@H](C)C(=O)OC(C)C)Oc3ccccc3)C(O)[C@H]2O)c(=O)[nH]c1=O. The van der Waals surface area contributed by atoms with Crippen molar-refractivity contribution >= 4 is 13.6 Å². The van der Waals surface area contributed by atoms with Gasteiger partial charge >= 0.3 is 19.3 Å². The van der Waals surface area contributed by atoms with Crippen molar-refractivity contribution < 1.29 is 38.1 Å². The van der Waals surface area contributed by atoms with Crippen LogP contribution in [-0.2, 0) is 23.4 Å². The largest absolute Gasteiger partial charge is 0.463 e. The number of aliphatic hydroxyl groups is 2. The van der Waals surface area contributed by atoms with Gasteiger partial charge in [0.2, 0.25) is 0 Å². The number of carbonyl (C=O) groups is 1. The number of aromatic amines is 1. The summed E-state index contributed by atoms with van der Waals surface area (Å²) in [7, 11) is -4.00. The highest BCUT2D eigenvalue weighted by Gasteiger charge is 2.46. The molecule has 3 rings (SSSR count). The topological polar surface area (TPSA) is 166 Å². The van der Waals surface area contributed by atoms with E-state index < -0.39 is 61.9 Å². The van der Waals surface area contributed by atoms with Gasteiger partial charge in [0.05, 0.1) is 24.8 Å². The van der Waals surface area contributed by atoms with E-state index in [1.54, 1.807) is 44.2 Å². The zero-order valence-electron chi connectivity index (χ0n) is 20.4. The van der Waals surface area contributed by atoms with Gasteiger partial charge in [-0.2, -0.15) is 0 Å². The molecule has 1 aliphatic rings. The van der Waals surface area contributed by atoms with Crippen LogP contribution in [0.25, 0.3) is 0 Å². The maximum absolute atomic E-state index is 13.7. The van der Waals surface area contributed by atoms with Crippen molar-refractivity contribution in [2.75, 3.05) is 12.8 Å². The van der Waals surface area contributed by atoms with Crippen LogP contribution in [0.2, 0.25) is 0 Å². The second kappa shape index (κ2) is 11.5. The molecule has 2 aromatic rings. The van der Waals surface area contributed by atoms with E-state index in [4.69, 9.17) is 18.5 Å². The minimum absolute atomic E-state index is 0.197. The van der Waals surface area contributed by atoms with E-state index in [1.165, 1.54) is 20.0 Å². The Morgan fingerprint density at radius 2 is 1.83 bits per heavy atom. The summed E-state index contributed by atoms with van der Waals surface area (Å²) >= 11 is 0. The number of benzene rings is 1. The maximum Gasteiger partial charge on any atom is 0.380 e. The van der Waals surface area contributed by atoms with Crippen molar-refractivity contribution in [3.05, 3.63) is 62.9 Å². The fourth-order valence-corrected chi connectivity index (χ4v) is 5.45. The highest BCUT2D eigenvalue weighted by atomic mass is 31.2. The number of rotatable bonds is 10. The third-order valence-corrected chi connectivity index (χ3v) is 7.46. The van der Waals surface area contributed by atoms with Crippen LogP contribution in [0.5, 0.6) is 5.75 Å². The fourth-order valence-electron chi connectivity index (χ4n) is 3.58. The van der Waals surface area contributed by atoms with Gasteiger partial charge in [-0.25, -0.2) is 9.36 Å². The number of esters is 1. The molecule has 0 aliphatic carbocycles. The highest BCUT2D eigenvalue weighted by molar-refractivity contribution is 7.54. The van der Waals surface area contributed by atoms with Gasteiger partial charge in [-0.15, -0.1) is 0 Å². The summed E-state index contributed by atoms with van der Waals surface area (Å²) in [6, 6.07) is 8.22. The lowest BCUT2D eigenvalue weighted by Gasteiger charge is -2.24. The monoisotopic (exact) mass is 526 g/mol. The van der Waals surface area contributed by atoms with Crippen molar-refractivity contribution in [3.63, 3.8) is 0 Å². The molecule has 1 saturated heterocycles. The van der Waals surface area contributed by atoms with Gasteiger partial charge in [0.25, 0.3) is 5.56 Å². The van der Waals surface area contributed by atoms with E-state index in [2.05, 4.69) is 4.98 Å². The van der Waals surface area contributed by atoms with Gasteiger partial charge in [-0.1, -0.05) is 25.1 Å². The van der Waals surface area contributed by atoms with Gasteiger partial charge in [-0.05, 0) is 32.9 Å². The molecule has 2 heterocycles. The van der Waals surface area contributed by atoms with Crippen LogP contribution < -0.4 is 15.8 Å². The molecule has 0 amide bonds. The molecule has 2 unspecified atom stereocenters. The molecule has 3 N–H and O–H groups in total. The van der Waals surface area contributed by atoms with Crippen molar-refractivity contribution in [3.8, 4) is 5.75 Å². The first-order chi connectivity index (χ1) is 16.9. The van der Waals surface area contributed by atoms with Crippen molar-refractivity contribution in [1.29, 1.82) is 0 Å². The zero-order valence-corrected chi connectivity index (χ0v) is 21.3. The van der Waals surface area contributed by atoms with Crippen LogP contribution in [-0.4, -0.2) is 62.9 Å². The van der Waals surface area contributed by atoms with Crippen LogP contribution >= 0.6 is 7.60 Å². The van der Waals surface area contributed by atoms with E-state index in [0.29, 0.717) is 0 Å². The summed E-state index contributed by atoms with van der Waals surface area (Å²) in [6.45, 7) is 5.90. The van der Waals surface area contributed by atoms with E-state index >= 15 is 0 Å². The fraction of sp³-hybridized carbons (Fsp3) is 0.522. The Labute approximate surface area is 207 Å². The van der Waals surface area contributed by atoms with Gasteiger partial charge in [0.15, 0.2) is 6.23 Å². The molecule has 1 aromatic carbocycles. The van der Waals surface area contributed by atoms with E-state index in [1.807, 2.05) is 0 Å². The second-order valence-electron chi connectivity index (χ2n) is 8.91. The minimum Gasteiger partial charge on any atom is -0.463 e. The summed E-state index contributed by atoms with van der Waals surface area (Å²) in [6.07, 6.45) is -5.06. The average Bonchev–Trinajstić information content (AvgIpc) is 3.08. The molecule has 12 nitrogen and oxygen atoms in total. The Morgan fingerprint density at radius 1 is 1.17 bits per heavy atom. The number of aryl methyl sites for hydroxylation is 1. The van der Waals surface area contributed by atoms with Gasteiger partial charge < -0.3 is 24.2 Å². The Morgan fingerprint density at radius 3 is 2.47 bits per heavy atom. The molecule has 198 valence electrons. The number of para-hydroxylation sites is 1. The van der Waals surface area contributed by atoms with Crippen LogP contribution in [0.4, 0.5) is 0 Å². The second-order valence-corrected chi connectivity index (χ2v) is 10.9. The number of carbonyl (C=O) groups excluding carboxylic acids is 1. The first-order valence-electron chi connectivity index (χ1n) is 11.4. The van der Waals surface area contributed by atoms with Gasteiger partial charge in [-0.3, -0.25) is 23.7 Å². The molecule has 0 radical (unpaired) electrons. The van der Waals surface area contributed by atoms with Crippen LogP contribution in [0, 0.1) is 12.8 Å². The summed E-state index contributed by atoms with van der Waals surface area (Å²) in [4.78, 5) is 38.3. The number of H-pyrrole nitrogens is 1. The third kappa shape index (κ3) is 6.71. The smallest absolute Gasteiger partial charge is 0.380 e. The van der Waals surface area contributed by atoms with Gasteiger partial charge in [0.1, 0.15) is 24.1 Å². The molecule has 1 aliphatic heterocycles. The summed E-state index contributed by atoms with van der Waals surface area (Å²) in [5, 5.41) is 21.0. The zero-order chi connectivity index (χ0) is 26.6. The molecule has 13 heteroatoms. The first-order valence-corrected chi connectivity index (χ1v) is 13.2. The number of hydrogen-bond donors (Lipinski definition) is 3. The molecule has 36 heavy (non-hydrogen) atoms. The Hall–Kier alpha value is -2.76. The number of aromatic nitrogens is 2. The van der Waals surface area contributed by atoms with Crippen LogP contribution in [0.3, 0.4) is 0 Å². The standard InChI is InChI=1S/C23H31N2O10P/c1-13(2)33-22(29)15(4)12-36(31,35-16-8-6-5-7-9-16)32-11-17-18(26)19(27)21(34-17)25-10-14(3)20(28)24-23(25)30/h5-10,13,15,17-19,21,26-27H,11-12H2,1-4H3,(H,24,28,30)/t15-,17+,18?,19-,21+,36?/m1/s1. The molecule has 0 spiro atoms. The van der Waals surface area contributed by atoms with Gasteiger partial charge in [0, 0.05) is 11.8 Å². The normalized spacial score (nSPS) is 24.3. The minimum atomic E-state index is -4.00. The number of ether oxygens (including phenoxy) is 2. The Kier molecular flexibility index (Phi) is 8.91. The van der Waals surface area contributed by atoms with Crippen molar-refractivity contribution in [2.24, 2.45) is 5.92 Å². The molecular weight excluding hydrogens is 495 g/mol. The molecule has 0 bridgehead atoms. The molecule has 0 saturated carbocycles. The molecular formula is C23H31N2O10P. The lowest BCUT2D eigenvalue weighted by molar-refractivity contribution is -0.151. The van der Waals surface area contributed by atoms with Crippen LogP contribution in [0.1, 0.15) is 32.6 Å². The third-order valence-electron chi connectivity index (χ3n) is 5.43. The predicted molar refractivity (Wildman–Crippen MR) is 128 cm³/mol. The number of aliphatic hydroxyl groups excluding tert-OH is 2. The predicted octanol–water partition coefficient (Wildman–Crippen LogP) is 1.34. The van der Waals surface area contributed by atoms with E-state index in [9.17, 15) is 29.2 Å². The quantitative estimate of drug-likeness (QED) is 0.304. The summed E-state index contributed by atoms with van der Waals surface area (Å²) in [5.41, 5.74) is -1.23. The Balaban J connectivity index is 1.77. The van der Waals surface area contributed by atoms with Crippen LogP contribution in [0.15, 0.2) is 46.1 Å². The van der Waals surface area contributed by atoms with E-state index in [-0.39, 0.29) is 23.6 Å². The highest BCUT2D eigenvalue weighted by Crippen LogP contribution is 2.50. The lowest BCUT2D eigenvalue weighted by atomic mass is 10.1. The first kappa shape index (κ1) is 27.8. The number of nitrogens with zero attached hydrogens (tertiary/aromatic N) is 1. The van der Waals surface area contributed by atoms with Crippen molar-refractivity contribution in [2.45, 2.75) is 58.3 Å².